The number of hydrogen-bond donors (Lipinski definition) is 0. The van der Waals surface area contributed by atoms with E-state index in [1.165, 1.54) is 40.5 Å². The van der Waals surface area contributed by atoms with Crippen LogP contribution in [0.1, 0.15) is 11.1 Å². The largest absolute Gasteiger partial charge is 0.0975 e. The summed E-state index contributed by atoms with van der Waals surface area (Å²) in [6.07, 6.45) is 24.7. The molecule has 0 atom stereocenters. The van der Waals surface area contributed by atoms with E-state index < -0.39 is 0 Å². The molecular formula is C29H24P. The van der Waals surface area contributed by atoms with Crippen molar-refractivity contribution in [2.24, 2.45) is 0 Å². The molecule has 0 heterocycles. The molecule has 3 aliphatic carbocycles. The zero-order chi connectivity index (χ0) is 20.2. The standard InChI is InChI=1S/C29H24P/c1-3-11-23(12-4-1)28-19-9-15-25(28)21-30(27-17-7-8-18-27)22-26-16-10-20-29(26)24-13-5-2-6-14-24/h1-20H,21-22H2. The van der Waals surface area contributed by atoms with E-state index in [0.717, 1.165) is 12.3 Å². The highest BCUT2D eigenvalue weighted by atomic mass is 31.1. The maximum Gasteiger partial charge on any atom is 0.0161 e. The van der Waals surface area contributed by atoms with Crippen LogP contribution in [-0.4, -0.2) is 12.3 Å². The van der Waals surface area contributed by atoms with Crippen molar-refractivity contribution in [1.82, 2.24) is 0 Å². The van der Waals surface area contributed by atoms with Gasteiger partial charge in [0.15, 0.2) is 0 Å². The van der Waals surface area contributed by atoms with Crippen molar-refractivity contribution in [2.75, 3.05) is 12.3 Å². The Kier molecular flexibility index (Phi) is 6.91. The van der Waals surface area contributed by atoms with Crippen molar-refractivity contribution in [3.63, 3.8) is 0 Å². The van der Waals surface area contributed by atoms with Crippen LogP contribution in [0.15, 0.2) is 60.7 Å². The second-order valence-corrected chi connectivity index (χ2v) is 9.89. The van der Waals surface area contributed by atoms with E-state index in [2.05, 4.69) is 125 Å². The van der Waals surface area contributed by atoms with E-state index in [-0.39, 0.29) is 7.92 Å². The second-order valence-electron chi connectivity index (χ2n) is 7.66. The maximum atomic E-state index is 2.31. The van der Waals surface area contributed by atoms with Crippen LogP contribution in [-0.2, 0) is 0 Å². The van der Waals surface area contributed by atoms with E-state index in [0.29, 0.717) is 0 Å². The molecule has 0 bridgehead atoms. The molecule has 3 aliphatic rings. The molecule has 15 radical (unpaired) electrons. The molecule has 2 aromatic rings. The minimum absolute atomic E-state index is 0.333. The van der Waals surface area contributed by atoms with Crippen LogP contribution in [0.4, 0.5) is 0 Å². The summed E-state index contributed by atoms with van der Waals surface area (Å²) in [6.45, 7) is 0. The van der Waals surface area contributed by atoms with Gasteiger partial charge in [0.05, 0.1) is 0 Å². The summed E-state index contributed by atoms with van der Waals surface area (Å²) in [5.74, 6) is 5.67. The Labute approximate surface area is 185 Å². The lowest BCUT2D eigenvalue weighted by Gasteiger charge is -2.32. The average molecular weight is 403 g/mol. The molecule has 0 spiro atoms. The van der Waals surface area contributed by atoms with Crippen molar-refractivity contribution < 1.29 is 0 Å². The smallest absolute Gasteiger partial charge is 0.0161 e. The zero-order valence-electron chi connectivity index (χ0n) is 16.9. The van der Waals surface area contributed by atoms with Gasteiger partial charge in [-0.1, -0.05) is 68.6 Å². The van der Waals surface area contributed by atoms with Gasteiger partial charge in [0.2, 0.25) is 0 Å². The number of hydrogen-bond acceptors (Lipinski definition) is 0. The van der Waals surface area contributed by atoms with Crippen LogP contribution in [0.3, 0.4) is 0 Å². The fraction of sp³-hybridized carbons (Fsp3) is 0.0690. The van der Waals surface area contributed by atoms with Crippen LogP contribution in [0.25, 0.3) is 0 Å². The van der Waals surface area contributed by atoms with E-state index in [9.17, 15) is 0 Å². The summed E-state index contributed by atoms with van der Waals surface area (Å²) in [7, 11) is -0.333. The minimum Gasteiger partial charge on any atom is -0.0975 e. The molecule has 145 valence electrons. The van der Waals surface area contributed by atoms with Crippen molar-refractivity contribution >= 4 is 7.92 Å². The Balaban J connectivity index is 1.31. The third-order valence-electron chi connectivity index (χ3n) is 5.71. The van der Waals surface area contributed by atoms with Gasteiger partial charge in [-0.3, -0.25) is 0 Å². The van der Waals surface area contributed by atoms with Gasteiger partial charge in [-0.2, -0.15) is 0 Å². The Morgan fingerprint density at radius 3 is 1.40 bits per heavy atom. The van der Waals surface area contributed by atoms with Crippen LogP contribution >= 0.6 is 7.92 Å². The average Bonchev–Trinajstić information content (AvgIpc) is 3.56. The van der Waals surface area contributed by atoms with E-state index in [4.69, 9.17) is 0 Å². The van der Waals surface area contributed by atoms with E-state index in [1.807, 2.05) is 0 Å². The van der Waals surface area contributed by atoms with Gasteiger partial charge in [-0.15, -0.1) is 0 Å². The first-order valence-electron chi connectivity index (χ1n) is 10.4. The minimum atomic E-state index is -0.333. The van der Waals surface area contributed by atoms with Gasteiger partial charge < -0.3 is 0 Å². The Morgan fingerprint density at radius 1 is 0.467 bits per heavy atom. The molecule has 0 nitrogen and oxygen atoms in total. The molecule has 0 unspecified atom stereocenters. The van der Waals surface area contributed by atoms with Crippen LogP contribution in [0.2, 0.25) is 0 Å². The topological polar surface area (TPSA) is 0 Å². The first kappa shape index (κ1) is 20.8. The Morgan fingerprint density at radius 2 is 0.933 bits per heavy atom. The predicted molar refractivity (Wildman–Crippen MR) is 127 cm³/mol. The molecule has 5 rings (SSSR count). The quantitative estimate of drug-likeness (QED) is 0.464. The summed E-state index contributed by atoms with van der Waals surface area (Å²) >= 11 is 0. The van der Waals surface area contributed by atoms with E-state index in [1.54, 1.807) is 0 Å². The molecule has 0 amide bonds. The van der Waals surface area contributed by atoms with Crippen molar-refractivity contribution in [2.45, 2.75) is 0 Å². The van der Waals surface area contributed by atoms with Crippen molar-refractivity contribution in [3.05, 3.63) is 165 Å². The molecule has 0 aromatic heterocycles. The highest BCUT2D eigenvalue weighted by Crippen LogP contribution is 2.60. The van der Waals surface area contributed by atoms with Crippen LogP contribution in [0.5, 0.6) is 0 Å². The lowest BCUT2D eigenvalue weighted by molar-refractivity contribution is 1.09. The normalized spacial score (nSPS) is 22.6. The second kappa shape index (κ2) is 9.99. The summed E-state index contributed by atoms with van der Waals surface area (Å²) < 4.78 is 0. The third-order valence-corrected chi connectivity index (χ3v) is 8.19. The molecule has 0 aliphatic heterocycles. The third kappa shape index (κ3) is 4.70. The highest BCUT2D eigenvalue weighted by molar-refractivity contribution is 7.61. The summed E-state index contributed by atoms with van der Waals surface area (Å²) in [6, 6.07) is 21.5. The zero-order valence-corrected chi connectivity index (χ0v) is 17.8. The molecular weight excluding hydrogens is 379 g/mol. The number of benzene rings is 2. The first-order valence-corrected chi connectivity index (χ1v) is 12.2. The van der Waals surface area contributed by atoms with Gasteiger partial charge in [0.1, 0.15) is 0 Å². The fourth-order valence-electron chi connectivity index (χ4n) is 4.21. The SMILES string of the molecule is [CH]1[CH][C](CP(C[C]2[CH][CH][CH][C]2c2ccccc2)[C]2[CH][CH][CH][CH]2)[C](c2ccccc2)[CH]1. The monoisotopic (exact) mass is 403 g/mol. The lowest BCUT2D eigenvalue weighted by atomic mass is 9.90. The van der Waals surface area contributed by atoms with Gasteiger partial charge in [-0.25, -0.2) is 0 Å². The van der Waals surface area contributed by atoms with Crippen LogP contribution in [0, 0.1) is 93.5 Å². The lowest BCUT2D eigenvalue weighted by Crippen LogP contribution is -2.16. The molecule has 0 N–H and O–H groups in total. The molecule has 2 aromatic carbocycles. The molecule has 3 fully saturated rings. The molecule has 0 saturated heterocycles. The molecule has 1 heteroatoms. The number of rotatable bonds is 7. The van der Waals surface area contributed by atoms with Gasteiger partial charge >= 0.3 is 0 Å². The maximum absolute atomic E-state index is 2.31. The van der Waals surface area contributed by atoms with Crippen molar-refractivity contribution in [1.29, 1.82) is 0 Å². The summed E-state index contributed by atoms with van der Waals surface area (Å²) in [5.41, 5.74) is 4.12. The molecule has 3 saturated carbocycles. The Bertz CT molecular complexity index is 704. The van der Waals surface area contributed by atoms with Gasteiger partial charge in [0.25, 0.3) is 0 Å². The van der Waals surface area contributed by atoms with Gasteiger partial charge in [0, 0.05) is 17.5 Å². The van der Waals surface area contributed by atoms with Crippen LogP contribution < -0.4 is 0 Å². The van der Waals surface area contributed by atoms with Gasteiger partial charge in [-0.05, 0) is 99.5 Å². The highest BCUT2D eigenvalue weighted by Gasteiger charge is 2.39. The van der Waals surface area contributed by atoms with E-state index >= 15 is 0 Å². The fourth-order valence-corrected chi connectivity index (χ4v) is 6.66. The predicted octanol–water partition coefficient (Wildman–Crippen LogP) is 6.48. The summed E-state index contributed by atoms with van der Waals surface area (Å²) in [5, 5.41) is 0. The van der Waals surface area contributed by atoms with Crippen molar-refractivity contribution in [3.8, 4) is 0 Å². The summed E-state index contributed by atoms with van der Waals surface area (Å²) in [4.78, 5) is 0. The molecule has 30 heavy (non-hydrogen) atoms. The first-order chi connectivity index (χ1) is 14.9. The Hall–Kier alpha value is -1.13.